The molecule has 1 aliphatic rings. The summed E-state index contributed by atoms with van der Waals surface area (Å²) in [4.78, 5) is 22.7. The van der Waals surface area contributed by atoms with Gasteiger partial charge in [-0.05, 0) is 5.41 Å². The van der Waals surface area contributed by atoms with Crippen molar-refractivity contribution in [3.63, 3.8) is 0 Å². The fourth-order valence-corrected chi connectivity index (χ4v) is 2.57. The van der Waals surface area contributed by atoms with Crippen LogP contribution < -0.4 is 0 Å². The summed E-state index contributed by atoms with van der Waals surface area (Å²) in [5.41, 5.74) is -1.61. The van der Waals surface area contributed by atoms with Crippen molar-refractivity contribution >= 4 is 11.9 Å². The van der Waals surface area contributed by atoms with Crippen LogP contribution in [0, 0.1) is 16.7 Å². The molecule has 0 amide bonds. The SMILES string of the molecule is C[C@H]1C(C(=O)O)=CC=C[C@@]1(C(=O)O)C(C)(C)C. The lowest BCUT2D eigenvalue weighted by Gasteiger charge is -2.44. The molecule has 0 unspecified atom stereocenters. The van der Waals surface area contributed by atoms with Crippen LogP contribution in [0.3, 0.4) is 0 Å². The molecule has 0 heterocycles. The minimum absolute atomic E-state index is 0.143. The van der Waals surface area contributed by atoms with E-state index in [1.807, 2.05) is 20.8 Å². The van der Waals surface area contributed by atoms with Gasteiger partial charge < -0.3 is 10.2 Å². The Labute approximate surface area is 101 Å². The fraction of sp³-hybridized carbons (Fsp3) is 0.538. The third-order valence-corrected chi connectivity index (χ3v) is 3.63. The Morgan fingerprint density at radius 3 is 2.18 bits per heavy atom. The van der Waals surface area contributed by atoms with Crippen LogP contribution in [0.5, 0.6) is 0 Å². The van der Waals surface area contributed by atoms with Crippen LogP contribution in [0.15, 0.2) is 23.8 Å². The van der Waals surface area contributed by atoms with E-state index in [2.05, 4.69) is 0 Å². The largest absolute Gasteiger partial charge is 0.481 e. The second-order valence-corrected chi connectivity index (χ2v) is 5.43. The molecule has 0 aliphatic heterocycles. The van der Waals surface area contributed by atoms with Crippen molar-refractivity contribution in [2.75, 3.05) is 0 Å². The summed E-state index contributed by atoms with van der Waals surface area (Å²) < 4.78 is 0. The zero-order chi connectivity index (χ0) is 13.4. The molecule has 0 spiro atoms. The van der Waals surface area contributed by atoms with Gasteiger partial charge >= 0.3 is 11.9 Å². The Hall–Kier alpha value is -1.58. The number of carboxylic acid groups (broad SMARTS) is 2. The van der Waals surface area contributed by atoms with Gasteiger partial charge in [-0.1, -0.05) is 45.9 Å². The number of allylic oxidation sites excluding steroid dienone is 2. The molecule has 0 bridgehead atoms. The van der Waals surface area contributed by atoms with Crippen molar-refractivity contribution in [3.8, 4) is 0 Å². The summed E-state index contributed by atoms with van der Waals surface area (Å²) in [7, 11) is 0. The summed E-state index contributed by atoms with van der Waals surface area (Å²) >= 11 is 0. The van der Waals surface area contributed by atoms with E-state index in [0.717, 1.165) is 0 Å². The Morgan fingerprint density at radius 1 is 1.29 bits per heavy atom. The van der Waals surface area contributed by atoms with Crippen molar-refractivity contribution < 1.29 is 19.8 Å². The van der Waals surface area contributed by atoms with Crippen molar-refractivity contribution in [3.05, 3.63) is 23.8 Å². The van der Waals surface area contributed by atoms with E-state index in [1.54, 1.807) is 13.0 Å². The zero-order valence-electron chi connectivity index (χ0n) is 10.5. The summed E-state index contributed by atoms with van der Waals surface area (Å²) in [5, 5.41) is 18.6. The highest BCUT2D eigenvalue weighted by Crippen LogP contribution is 2.50. The van der Waals surface area contributed by atoms with Crippen molar-refractivity contribution in [2.24, 2.45) is 16.7 Å². The van der Waals surface area contributed by atoms with Gasteiger partial charge in [0, 0.05) is 11.5 Å². The maximum Gasteiger partial charge on any atom is 0.331 e. The molecule has 0 fully saturated rings. The molecule has 0 aromatic heterocycles. The van der Waals surface area contributed by atoms with E-state index >= 15 is 0 Å². The maximum atomic E-state index is 11.6. The van der Waals surface area contributed by atoms with E-state index in [-0.39, 0.29) is 5.57 Å². The second-order valence-electron chi connectivity index (χ2n) is 5.43. The van der Waals surface area contributed by atoms with Crippen LogP contribution >= 0.6 is 0 Å². The predicted octanol–water partition coefficient (Wildman–Crippen LogP) is 2.32. The second kappa shape index (κ2) is 4.02. The van der Waals surface area contributed by atoms with Gasteiger partial charge in [0.25, 0.3) is 0 Å². The lowest BCUT2D eigenvalue weighted by atomic mass is 9.57. The average Bonchev–Trinajstić information content (AvgIpc) is 2.14. The molecule has 0 aromatic rings. The first-order valence-corrected chi connectivity index (χ1v) is 5.50. The molecular formula is C13H18O4. The first kappa shape index (κ1) is 13.5. The van der Waals surface area contributed by atoms with Crippen molar-refractivity contribution in [1.82, 2.24) is 0 Å². The lowest BCUT2D eigenvalue weighted by molar-refractivity contribution is -0.155. The Balaban J connectivity index is 3.39. The van der Waals surface area contributed by atoms with E-state index in [4.69, 9.17) is 5.11 Å². The molecule has 1 aliphatic carbocycles. The molecule has 0 saturated carbocycles. The molecule has 94 valence electrons. The van der Waals surface area contributed by atoms with E-state index in [9.17, 15) is 14.7 Å². The third-order valence-electron chi connectivity index (χ3n) is 3.63. The number of hydrogen-bond donors (Lipinski definition) is 2. The van der Waals surface area contributed by atoms with E-state index in [0.29, 0.717) is 0 Å². The normalized spacial score (nSPS) is 28.7. The Bertz CT molecular complexity index is 412. The highest BCUT2D eigenvalue weighted by atomic mass is 16.4. The summed E-state index contributed by atoms with van der Waals surface area (Å²) in [6, 6.07) is 0. The molecule has 0 aromatic carbocycles. The lowest BCUT2D eigenvalue weighted by Crippen LogP contribution is -2.48. The first-order chi connectivity index (χ1) is 7.64. The molecule has 2 N–H and O–H groups in total. The summed E-state index contributed by atoms with van der Waals surface area (Å²) in [6.07, 6.45) is 4.61. The fourth-order valence-electron chi connectivity index (χ4n) is 2.57. The van der Waals surface area contributed by atoms with Crippen molar-refractivity contribution in [1.29, 1.82) is 0 Å². The van der Waals surface area contributed by atoms with Gasteiger partial charge in [-0.3, -0.25) is 4.79 Å². The molecule has 0 radical (unpaired) electrons. The average molecular weight is 238 g/mol. The highest BCUT2D eigenvalue weighted by Gasteiger charge is 2.53. The van der Waals surface area contributed by atoms with Gasteiger partial charge in [-0.2, -0.15) is 0 Å². The minimum atomic E-state index is -1.19. The number of rotatable bonds is 2. The van der Waals surface area contributed by atoms with Gasteiger partial charge in [-0.15, -0.1) is 0 Å². The minimum Gasteiger partial charge on any atom is -0.481 e. The zero-order valence-corrected chi connectivity index (χ0v) is 10.5. The third kappa shape index (κ3) is 1.88. The highest BCUT2D eigenvalue weighted by molar-refractivity contribution is 5.91. The molecule has 4 heteroatoms. The quantitative estimate of drug-likeness (QED) is 0.774. The Morgan fingerprint density at radius 2 is 1.82 bits per heavy atom. The Kier molecular flexibility index (Phi) is 3.19. The summed E-state index contributed by atoms with van der Waals surface area (Å²) in [6.45, 7) is 7.09. The number of aliphatic carboxylic acids is 2. The smallest absolute Gasteiger partial charge is 0.331 e. The maximum absolute atomic E-state index is 11.6. The number of hydrogen-bond acceptors (Lipinski definition) is 2. The molecule has 17 heavy (non-hydrogen) atoms. The van der Waals surface area contributed by atoms with E-state index in [1.165, 1.54) is 12.2 Å². The first-order valence-electron chi connectivity index (χ1n) is 5.50. The van der Waals surface area contributed by atoms with E-state index < -0.39 is 28.7 Å². The molecular weight excluding hydrogens is 220 g/mol. The summed E-state index contributed by atoms with van der Waals surface area (Å²) in [5.74, 6) is -2.61. The standard InChI is InChI=1S/C13H18O4/c1-8-9(10(14)15)6-5-7-13(8,11(16)17)12(2,3)4/h5-8H,1-4H3,(H,14,15)(H,16,17)/t8-,13+/m0/s1. The van der Waals surface area contributed by atoms with Crippen molar-refractivity contribution in [2.45, 2.75) is 27.7 Å². The van der Waals surface area contributed by atoms with Gasteiger partial charge in [0.05, 0.1) is 5.41 Å². The number of carboxylic acids is 2. The van der Waals surface area contributed by atoms with Gasteiger partial charge in [0.2, 0.25) is 0 Å². The van der Waals surface area contributed by atoms with Crippen LogP contribution in [0.4, 0.5) is 0 Å². The molecule has 4 nitrogen and oxygen atoms in total. The van der Waals surface area contributed by atoms with Crippen LogP contribution in [-0.4, -0.2) is 22.2 Å². The molecule has 1 rings (SSSR count). The molecule has 2 atom stereocenters. The topological polar surface area (TPSA) is 74.6 Å². The number of carbonyl (C=O) groups is 2. The van der Waals surface area contributed by atoms with Crippen LogP contribution in [0.1, 0.15) is 27.7 Å². The predicted molar refractivity (Wildman–Crippen MR) is 63.5 cm³/mol. The van der Waals surface area contributed by atoms with Gasteiger partial charge in [0.15, 0.2) is 0 Å². The van der Waals surface area contributed by atoms with Crippen LogP contribution in [-0.2, 0) is 9.59 Å². The van der Waals surface area contributed by atoms with Crippen LogP contribution in [0.25, 0.3) is 0 Å². The van der Waals surface area contributed by atoms with Gasteiger partial charge in [0.1, 0.15) is 0 Å². The van der Waals surface area contributed by atoms with Crippen LogP contribution in [0.2, 0.25) is 0 Å². The van der Waals surface area contributed by atoms with Gasteiger partial charge in [-0.25, -0.2) is 4.79 Å². The molecule has 0 saturated heterocycles. The monoisotopic (exact) mass is 238 g/mol.